The number of nitrogens with zero attached hydrogens (tertiary/aromatic N) is 1. The van der Waals surface area contributed by atoms with Crippen molar-refractivity contribution >= 4 is 34.8 Å². The molecule has 0 spiro atoms. The highest BCUT2D eigenvalue weighted by Gasteiger charge is 2.31. The van der Waals surface area contributed by atoms with Crippen LogP contribution in [0.5, 0.6) is 0 Å². The Morgan fingerprint density at radius 2 is 1.73 bits per heavy atom. The van der Waals surface area contributed by atoms with Crippen LogP contribution in [0.3, 0.4) is 0 Å². The second-order valence-corrected chi connectivity index (χ2v) is 5.73. The number of amides is 2. The summed E-state index contributed by atoms with van der Waals surface area (Å²) >= 11 is 5.82. The van der Waals surface area contributed by atoms with Crippen LogP contribution >= 0.6 is 11.6 Å². The molecule has 2 amide bonds. The number of hydrogen-bond donors (Lipinski definition) is 1. The molecule has 1 N–H and O–H groups in total. The summed E-state index contributed by atoms with van der Waals surface area (Å²) in [7, 11) is 0. The van der Waals surface area contributed by atoms with Crippen LogP contribution < -0.4 is 10.2 Å². The molecule has 2 rings (SSSR count). The minimum atomic E-state index is -4.59. The van der Waals surface area contributed by atoms with Crippen molar-refractivity contribution in [2.24, 2.45) is 0 Å². The van der Waals surface area contributed by atoms with Crippen molar-refractivity contribution in [3.63, 3.8) is 0 Å². The Bertz CT molecular complexity index is 823. The summed E-state index contributed by atoms with van der Waals surface area (Å²) in [6.07, 6.45) is -4.59. The van der Waals surface area contributed by atoms with Crippen LogP contribution in [0, 0.1) is 5.82 Å². The number of nitrogens with one attached hydrogen (secondary N) is 1. The second-order valence-electron chi connectivity index (χ2n) is 5.32. The molecule has 0 fully saturated rings. The van der Waals surface area contributed by atoms with Crippen LogP contribution in [-0.4, -0.2) is 18.4 Å². The van der Waals surface area contributed by atoms with Gasteiger partial charge in [-0.2, -0.15) is 13.2 Å². The third-order valence-electron chi connectivity index (χ3n) is 3.39. The Balaban J connectivity index is 2.18. The van der Waals surface area contributed by atoms with E-state index in [0.717, 1.165) is 29.2 Å². The van der Waals surface area contributed by atoms with Crippen molar-refractivity contribution < 1.29 is 27.2 Å². The van der Waals surface area contributed by atoms with Crippen LogP contribution in [-0.2, 0) is 15.8 Å². The number of benzene rings is 2. The maximum Gasteiger partial charge on any atom is 0.416 e. The zero-order chi connectivity index (χ0) is 19.5. The van der Waals surface area contributed by atoms with E-state index >= 15 is 0 Å². The minimum Gasteiger partial charge on any atom is -0.323 e. The molecule has 4 nitrogen and oxygen atoms in total. The lowest BCUT2D eigenvalue weighted by molar-refractivity contribution is -0.137. The molecule has 2 aromatic carbocycles. The molecule has 0 heterocycles. The molecule has 0 radical (unpaired) electrons. The molecule has 0 atom stereocenters. The molecular weight excluding hydrogens is 376 g/mol. The zero-order valence-corrected chi connectivity index (χ0v) is 14.2. The van der Waals surface area contributed by atoms with Gasteiger partial charge in [-0.15, -0.1) is 0 Å². The number of carbonyl (C=O) groups excluding carboxylic acids is 2. The fraction of sp³-hybridized carbons (Fsp3) is 0.176. The normalized spacial score (nSPS) is 11.2. The molecule has 0 aliphatic carbocycles. The van der Waals surface area contributed by atoms with E-state index in [1.807, 2.05) is 0 Å². The second kappa shape index (κ2) is 7.74. The molecule has 0 aliphatic heterocycles. The first-order valence-corrected chi connectivity index (χ1v) is 7.66. The van der Waals surface area contributed by atoms with Gasteiger partial charge < -0.3 is 10.2 Å². The predicted molar refractivity (Wildman–Crippen MR) is 89.5 cm³/mol. The largest absolute Gasteiger partial charge is 0.416 e. The molecule has 0 saturated heterocycles. The summed E-state index contributed by atoms with van der Waals surface area (Å²) in [6.45, 7) is 0.724. The van der Waals surface area contributed by atoms with Crippen molar-refractivity contribution in [3.8, 4) is 0 Å². The van der Waals surface area contributed by atoms with E-state index in [4.69, 9.17) is 11.6 Å². The Kier molecular flexibility index (Phi) is 5.86. The number of carbonyl (C=O) groups is 2. The monoisotopic (exact) mass is 388 g/mol. The maximum absolute atomic E-state index is 13.0. The summed E-state index contributed by atoms with van der Waals surface area (Å²) in [6, 6.07) is 7.36. The topological polar surface area (TPSA) is 49.4 Å². The highest BCUT2D eigenvalue weighted by atomic mass is 35.5. The Labute approximate surface area is 151 Å². The fourth-order valence-corrected chi connectivity index (χ4v) is 2.30. The number of alkyl halides is 3. The van der Waals surface area contributed by atoms with Gasteiger partial charge in [-0.1, -0.05) is 11.6 Å². The quantitative estimate of drug-likeness (QED) is 0.784. The smallest absolute Gasteiger partial charge is 0.323 e. The third-order valence-corrected chi connectivity index (χ3v) is 3.72. The summed E-state index contributed by atoms with van der Waals surface area (Å²) in [5.74, 6) is -1.77. The van der Waals surface area contributed by atoms with Crippen molar-refractivity contribution in [3.05, 3.63) is 58.9 Å². The standard InChI is InChI=1S/C17H13ClF4N2O2/c1-10(25)24(13-5-3-12(19)4-6-13)9-16(26)23-15-8-11(17(20,21)22)2-7-14(15)18/h2-8H,9H2,1H3,(H,23,26). The Morgan fingerprint density at radius 3 is 2.27 bits per heavy atom. The van der Waals surface area contributed by atoms with E-state index in [9.17, 15) is 27.2 Å². The molecule has 9 heteroatoms. The molecule has 0 aliphatic rings. The van der Waals surface area contributed by atoms with Gasteiger partial charge in [0, 0.05) is 12.6 Å². The first-order valence-electron chi connectivity index (χ1n) is 7.28. The average Bonchev–Trinajstić information content (AvgIpc) is 2.54. The maximum atomic E-state index is 13.0. The van der Waals surface area contributed by atoms with Crippen molar-refractivity contribution in [1.29, 1.82) is 0 Å². The zero-order valence-electron chi connectivity index (χ0n) is 13.4. The van der Waals surface area contributed by atoms with Gasteiger partial charge in [0.2, 0.25) is 11.8 Å². The molecule has 0 bridgehead atoms. The van der Waals surface area contributed by atoms with E-state index in [0.29, 0.717) is 6.07 Å². The minimum absolute atomic E-state index is 0.0810. The van der Waals surface area contributed by atoms with Gasteiger partial charge in [0.1, 0.15) is 12.4 Å². The first-order chi connectivity index (χ1) is 12.1. The summed E-state index contributed by atoms with van der Waals surface area (Å²) in [5.41, 5.74) is -0.933. The highest BCUT2D eigenvalue weighted by Crippen LogP contribution is 2.33. The van der Waals surface area contributed by atoms with Crippen LogP contribution in [0.2, 0.25) is 5.02 Å². The van der Waals surface area contributed by atoms with E-state index in [1.54, 1.807) is 0 Å². The summed E-state index contributed by atoms with van der Waals surface area (Å²) in [5, 5.41) is 2.17. The SMILES string of the molecule is CC(=O)N(CC(=O)Nc1cc(C(F)(F)F)ccc1Cl)c1ccc(F)cc1. The van der Waals surface area contributed by atoms with Gasteiger partial charge in [0.15, 0.2) is 0 Å². The van der Waals surface area contributed by atoms with Crippen molar-refractivity contribution in [2.45, 2.75) is 13.1 Å². The summed E-state index contributed by atoms with van der Waals surface area (Å²) < 4.78 is 51.3. The molecule has 0 aromatic heterocycles. The van der Waals surface area contributed by atoms with E-state index in [-0.39, 0.29) is 16.4 Å². The highest BCUT2D eigenvalue weighted by molar-refractivity contribution is 6.33. The third kappa shape index (κ3) is 4.95. The van der Waals surface area contributed by atoms with Gasteiger partial charge in [-0.3, -0.25) is 9.59 Å². The number of rotatable bonds is 4. The lowest BCUT2D eigenvalue weighted by Gasteiger charge is -2.21. The molecular formula is C17H13ClF4N2O2. The number of halogens is 5. The Hall–Kier alpha value is -2.61. The Morgan fingerprint density at radius 1 is 1.12 bits per heavy atom. The molecule has 0 saturated carbocycles. The molecule has 2 aromatic rings. The van der Waals surface area contributed by atoms with Crippen LogP contribution in [0.25, 0.3) is 0 Å². The number of hydrogen-bond acceptors (Lipinski definition) is 2. The van der Waals surface area contributed by atoms with E-state index in [1.165, 1.54) is 19.1 Å². The van der Waals surface area contributed by atoms with Gasteiger partial charge in [0.25, 0.3) is 0 Å². The fourth-order valence-electron chi connectivity index (χ4n) is 2.14. The lowest BCUT2D eigenvalue weighted by Crippen LogP contribution is -2.36. The predicted octanol–water partition coefficient (Wildman–Crippen LogP) is 4.49. The first kappa shape index (κ1) is 19.7. The van der Waals surface area contributed by atoms with Gasteiger partial charge in [-0.05, 0) is 42.5 Å². The average molecular weight is 389 g/mol. The van der Waals surface area contributed by atoms with E-state index in [2.05, 4.69) is 5.32 Å². The van der Waals surface area contributed by atoms with Gasteiger partial charge in [-0.25, -0.2) is 4.39 Å². The number of anilines is 2. The van der Waals surface area contributed by atoms with Gasteiger partial charge in [0.05, 0.1) is 16.3 Å². The van der Waals surface area contributed by atoms with Crippen molar-refractivity contribution in [2.75, 3.05) is 16.8 Å². The van der Waals surface area contributed by atoms with Gasteiger partial charge >= 0.3 is 6.18 Å². The van der Waals surface area contributed by atoms with Crippen LogP contribution in [0.1, 0.15) is 12.5 Å². The molecule has 0 unspecified atom stereocenters. The van der Waals surface area contributed by atoms with Crippen molar-refractivity contribution in [1.82, 2.24) is 0 Å². The molecule has 138 valence electrons. The van der Waals surface area contributed by atoms with E-state index < -0.39 is 35.9 Å². The lowest BCUT2D eigenvalue weighted by atomic mass is 10.2. The molecule has 26 heavy (non-hydrogen) atoms. The summed E-state index contributed by atoms with van der Waals surface area (Å²) in [4.78, 5) is 25.0. The van der Waals surface area contributed by atoms with Crippen LogP contribution in [0.4, 0.5) is 28.9 Å². The van der Waals surface area contributed by atoms with Crippen LogP contribution in [0.15, 0.2) is 42.5 Å².